The molecule has 5 nitrogen and oxygen atoms in total. The van der Waals surface area contributed by atoms with Crippen LogP contribution in [0.3, 0.4) is 0 Å². The van der Waals surface area contributed by atoms with Gasteiger partial charge in [0, 0.05) is 10.0 Å². The van der Waals surface area contributed by atoms with Crippen LogP contribution in [0.25, 0.3) is 0 Å². The number of hydrogen-bond acceptors (Lipinski definition) is 3. The summed E-state index contributed by atoms with van der Waals surface area (Å²) >= 11 is 11.8. The first-order valence-corrected chi connectivity index (χ1v) is 7.12. The molecule has 1 heterocycles. The number of halogens is 2. The number of carbonyl (C=O) groups excluding carboxylic acids is 1. The van der Waals surface area contributed by atoms with E-state index < -0.39 is 11.6 Å². The van der Waals surface area contributed by atoms with E-state index in [0.717, 1.165) is 0 Å². The quantitative estimate of drug-likeness (QED) is 0.898. The van der Waals surface area contributed by atoms with Crippen molar-refractivity contribution in [3.63, 3.8) is 0 Å². The molecule has 21 heavy (non-hydrogen) atoms. The number of ether oxygens (including phenoxy) is 1. The Morgan fingerprint density at radius 2 is 2.05 bits per heavy atom. The fraction of sp³-hybridized carbons (Fsp3) is 0.429. The molecule has 1 saturated heterocycles. The maximum absolute atomic E-state index is 12.1. The molecule has 1 aliphatic rings. The molecule has 0 atom stereocenters. The molecule has 1 fully saturated rings. The van der Waals surface area contributed by atoms with Gasteiger partial charge in [-0.2, -0.15) is 0 Å². The van der Waals surface area contributed by atoms with Crippen molar-refractivity contribution < 1.29 is 19.4 Å². The van der Waals surface area contributed by atoms with Crippen LogP contribution in [0.5, 0.6) is 0 Å². The number of hydrogen-bond donors (Lipinski definition) is 1. The van der Waals surface area contributed by atoms with E-state index in [4.69, 9.17) is 33.0 Å². The van der Waals surface area contributed by atoms with Crippen molar-refractivity contribution in [2.24, 2.45) is 0 Å². The van der Waals surface area contributed by atoms with Crippen molar-refractivity contribution in [3.8, 4) is 0 Å². The summed E-state index contributed by atoms with van der Waals surface area (Å²) in [6.45, 7) is 2.19. The second-order valence-corrected chi connectivity index (χ2v) is 6.14. The molecule has 1 N–H and O–H groups in total. The van der Waals surface area contributed by atoms with Gasteiger partial charge in [0.05, 0.1) is 19.5 Å². The minimum Gasteiger partial charge on any atom is -0.480 e. The summed E-state index contributed by atoms with van der Waals surface area (Å²) in [5.74, 6) is -1.09. The normalized spacial score (nSPS) is 16.4. The van der Waals surface area contributed by atoms with Crippen LogP contribution < -0.4 is 0 Å². The Labute approximate surface area is 132 Å². The predicted molar refractivity (Wildman–Crippen MR) is 78.7 cm³/mol. The number of amides is 1. The first kappa shape index (κ1) is 16.1. The number of rotatable bonds is 5. The van der Waals surface area contributed by atoms with E-state index in [0.29, 0.717) is 28.7 Å². The van der Waals surface area contributed by atoms with Gasteiger partial charge in [-0.3, -0.25) is 4.79 Å². The Kier molecular flexibility index (Phi) is 4.76. The van der Waals surface area contributed by atoms with Gasteiger partial charge in [-0.05, 0) is 24.6 Å². The number of benzene rings is 1. The highest BCUT2D eigenvalue weighted by Gasteiger charge is 2.42. The topological polar surface area (TPSA) is 66.8 Å². The zero-order valence-corrected chi connectivity index (χ0v) is 12.9. The Morgan fingerprint density at radius 3 is 2.62 bits per heavy atom. The Hall–Kier alpha value is -1.30. The van der Waals surface area contributed by atoms with E-state index in [1.54, 1.807) is 30.0 Å². The van der Waals surface area contributed by atoms with E-state index in [1.165, 1.54) is 0 Å². The second kappa shape index (κ2) is 6.22. The van der Waals surface area contributed by atoms with Crippen molar-refractivity contribution in [1.29, 1.82) is 0 Å². The first-order valence-electron chi connectivity index (χ1n) is 6.36. The van der Waals surface area contributed by atoms with Crippen LogP contribution in [0.15, 0.2) is 18.2 Å². The van der Waals surface area contributed by atoms with Crippen molar-refractivity contribution in [2.45, 2.75) is 18.9 Å². The number of likely N-dealkylation sites (tertiary alicyclic amines) is 1. The summed E-state index contributed by atoms with van der Waals surface area (Å²) in [4.78, 5) is 24.2. The van der Waals surface area contributed by atoms with Crippen LogP contribution in [0.1, 0.15) is 12.5 Å². The van der Waals surface area contributed by atoms with E-state index in [1.807, 2.05) is 0 Å². The number of aliphatic carboxylic acids is 1. The van der Waals surface area contributed by atoms with Crippen LogP contribution in [-0.4, -0.2) is 47.2 Å². The lowest BCUT2D eigenvalue weighted by Crippen LogP contribution is -2.63. The highest BCUT2D eigenvalue weighted by molar-refractivity contribution is 6.35. The lowest BCUT2D eigenvalue weighted by molar-refractivity contribution is -0.172. The lowest BCUT2D eigenvalue weighted by atomic mass is 9.95. The Morgan fingerprint density at radius 1 is 1.38 bits per heavy atom. The summed E-state index contributed by atoms with van der Waals surface area (Å²) in [6.07, 6.45) is 0.186. The third kappa shape index (κ3) is 4.09. The molecular formula is C14H15Cl2NO4. The van der Waals surface area contributed by atoms with E-state index in [9.17, 15) is 9.59 Å². The lowest BCUT2D eigenvalue weighted by Gasteiger charge is -2.47. The highest BCUT2D eigenvalue weighted by atomic mass is 35.5. The molecule has 0 aliphatic carbocycles. The molecule has 7 heteroatoms. The Balaban J connectivity index is 1.87. The van der Waals surface area contributed by atoms with Crippen molar-refractivity contribution in [2.75, 3.05) is 19.7 Å². The summed E-state index contributed by atoms with van der Waals surface area (Å²) in [7, 11) is 0. The average molecular weight is 332 g/mol. The molecule has 1 aromatic carbocycles. The second-order valence-electron chi connectivity index (χ2n) is 5.29. The van der Waals surface area contributed by atoms with Crippen LogP contribution in [0.4, 0.5) is 0 Å². The maximum Gasteiger partial charge on any atom is 0.329 e. The van der Waals surface area contributed by atoms with Crippen LogP contribution >= 0.6 is 23.2 Å². The number of carboxylic acids is 1. The summed E-state index contributed by atoms with van der Waals surface area (Å²) in [6, 6.07) is 5.01. The van der Waals surface area contributed by atoms with Gasteiger partial charge < -0.3 is 14.7 Å². The van der Waals surface area contributed by atoms with Gasteiger partial charge in [-0.15, -0.1) is 0 Å². The van der Waals surface area contributed by atoms with Gasteiger partial charge >= 0.3 is 5.97 Å². The number of carboxylic acid groups (broad SMARTS) is 1. The predicted octanol–water partition coefficient (Wildman–Crippen LogP) is 2.24. The Bertz CT molecular complexity index is 570. The average Bonchev–Trinajstić information content (AvgIpc) is 2.36. The fourth-order valence-corrected chi connectivity index (χ4v) is 2.68. The smallest absolute Gasteiger partial charge is 0.329 e. The molecular weight excluding hydrogens is 317 g/mol. The fourth-order valence-electron chi connectivity index (χ4n) is 2.20. The molecule has 114 valence electrons. The van der Waals surface area contributed by atoms with Gasteiger partial charge in [-0.25, -0.2) is 4.79 Å². The molecule has 1 aromatic rings. The van der Waals surface area contributed by atoms with Crippen LogP contribution in [0.2, 0.25) is 10.0 Å². The zero-order chi connectivity index (χ0) is 15.6. The minimum absolute atomic E-state index is 0.0735. The first-order chi connectivity index (χ1) is 9.79. The largest absolute Gasteiger partial charge is 0.480 e. The third-order valence-electron chi connectivity index (χ3n) is 3.30. The van der Waals surface area contributed by atoms with Gasteiger partial charge in [0.25, 0.3) is 0 Å². The number of nitrogens with zero attached hydrogens (tertiary/aromatic N) is 1. The van der Waals surface area contributed by atoms with E-state index in [-0.39, 0.29) is 18.9 Å². The van der Waals surface area contributed by atoms with E-state index >= 15 is 0 Å². The highest BCUT2D eigenvalue weighted by Crippen LogP contribution is 2.27. The van der Waals surface area contributed by atoms with Gasteiger partial charge in [0.2, 0.25) is 5.91 Å². The zero-order valence-electron chi connectivity index (χ0n) is 11.4. The summed E-state index contributed by atoms with van der Waals surface area (Å²) in [5, 5.41) is 9.57. The third-order valence-corrected chi connectivity index (χ3v) is 3.89. The molecule has 1 aliphatic heterocycles. The number of carbonyl (C=O) groups is 2. The summed E-state index contributed by atoms with van der Waals surface area (Å²) in [5.41, 5.74) is 0.129. The molecule has 0 unspecified atom stereocenters. The van der Waals surface area contributed by atoms with Gasteiger partial charge in [0.1, 0.15) is 12.2 Å². The molecule has 0 radical (unpaired) electrons. The van der Waals surface area contributed by atoms with Crippen molar-refractivity contribution in [3.05, 3.63) is 33.8 Å². The molecule has 0 aromatic heterocycles. The van der Waals surface area contributed by atoms with Gasteiger partial charge in [0.15, 0.2) is 0 Å². The van der Waals surface area contributed by atoms with Crippen molar-refractivity contribution in [1.82, 2.24) is 4.90 Å². The molecule has 1 amide bonds. The molecule has 0 saturated carbocycles. The molecule has 2 rings (SSSR count). The minimum atomic E-state index is -1.02. The summed E-state index contributed by atoms with van der Waals surface area (Å²) < 4.78 is 5.26. The van der Waals surface area contributed by atoms with E-state index in [2.05, 4.69) is 0 Å². The molecule has 0 spiro atoms. The van der Waals surface area contributed by atoms with Crippen LogP contribution in [0, 0.1) is 0 Å². The maximum atomic E-state index is 12.1. The standard InChI is InChI=1S/C14H15Cl2NO4/c1-14(21-6-13(19)20)7-17(8-14)12(18)4-9-2-3-10(15)5-11(9)16/h2-3,5H,4,6-8H2,1H3,(H,19,20). The van der Waals surface area contributed by atoms with Gasteiger partial charge in [-0.1, -0.05) is 29.3 Å². The SMILES string of the molecule is CC1(OCC(=O)O)CN(C(=O)Cc2ccc(Cl)cc2Cl)C1. The molecule has 0 bridgehead atoms. The monoisotopic (exact) mass is 331 g/mol. The van der Waals surface area contributed by atoms with Crippen molar-refractivity contribution >= 4 is 35.1 Å². The van der Waals surface area contributed by atoms with Crippen LogP contribution in [-0.2, 0) is 20.7 Å².